The number of aromatic amines is 1. The average molecular weight is 298 g/mol. The van der Waals surface area contributed by atoms with Crippen molar-refractivity contribution >= 4 is 23.4 Å². The molecule has 2 fully saturated rings. The number of aromatic nitrogens is 2. The van der Waals surface area contributed by atoms with Crippen molar-refractivity contribution in [2.45, 2.75) is 43.8 Å². The van der Waals surface area contributed by atoms with Crippen molar-refractivity contribution in [1.29, 1.82) is 0 Å². The standard InChI is InChI=1S/C16H18N4O2/c21-9-20-11-3-4-12(20)7-10(6-11)19-16(22)14-8-18-15-13(14)2-1-5-17-15/h1-2,5,8-12H,3-4,6-7H2,(H,17,18)(H,19,22). The van der Waals surface area contributed by atoms with E-state index in [2.05, 4.69) is 15.3 Å². The normalized spacial score (nSPS) is 27.1. The summed E-state index contributed by atoms with van der Waals surface area (Å²) in [5.74, 6) is -0.0665. The van der Waals surface area contributed by atoms with Gasteiger partial charge in [-0.15, -0.1) is 0 Å². The molecule has 2 atom stereocenters. The van der Waals surface area contributed by atoms with Crippen LogP contribution in [0.15, 0.2) is 24.5 Å². The van der Waals surface area contributed by atoms with Crippen molar-refractivity contribution in [3.63, 3.8) is 0 Å². The molecule has 2 aromatic rings. The average Bonchev–Trinajstić information content (AvgIpc) is 3.06. The molecule has 0 spiro atoms. The summed E-state index contributed by atoms with van der Waals surface area (Å²) in [4.78, 5) is 32.8. The van der Waals surface area contributed by atoms with Gasteiger partial charge in [-0.2, -0.15) is 0 Å². The van der Waals surface area contributed by atoms with Gasteiger partial charge in [0.25, 0.3) is 5.91 Å². The number of carbonyl (C=O) groups is 2. The fourth-order valence-corrected chi connectivity index (χ4v) is 3.91. The van der Waals surface area contributed by atoms with Gasteiger partial charge in [-0.1, -0.05) is 0 Å². The Labute approximate surface area is 127 Å². The van der Waals surface area contributed by atoms with E-state index in [1.165, 1.54) is 0 Å². The highest BCUT2D eigenvalue weighted by molar-refractivity contribution is 6.05. The van der Waals surface area contributed by atoms with Crippen LogP contribution in [0, 0.1) is 0 Å². The maximum absolute atomic E-state index is 12.5. The molecule has 2 N–H and O–H groups in total. The first-order chi connectivity index (χ1) is 10.8. The molecule has 2 bridgehead atoms. The summed E-state index contributed by atoms with van der Waals surface area (Å²) in [6.45, 7) is 0. The van der Waals surface area contributed by atoms with E-state index >= 15 is 0 Å². The molecule has 2 amide bonds. The number of hydrogen-bond donors (Lipinski definition) is 2. The Bertz CT molecular complexity index is 712. The number of nitrogens with one attached hydrogen (secondary N) is 2. The van der Waals surface area contributed by atoms with Crippen molar-refractivity contribution in [1.82, 2.24) is 20.2 Å². The van der Waals surface area contributed by atoms with Crippen LogP contribution in [0.1, 0.15) is 36.0 Å². The van der Waals surface area contributed by atoms with Crippen molar-refractivity contribution in [3.05, 3.63) is 30.1 Å². The number of pyridine rings is 1. The van der Waals surface area contributed by atoms with Gasteiger partial charge >= 0.3 is 0 Å². The van der Waals surface area contributed by atoms with Gasteiger partial charge in [-0.3, -0.25) is 9.59 Å². The molecule has 6 nitrogen and oxygen atoms in total. The monoisotopic (exact) mass is 298 g/mol. The third-order valence-electron chi connectivity index (χ3n) is 4.94. The predicted octanol–water partition coefficient (Wildman–Crippen LogP) is 1.44. The number of H-pyrrole nitrogens is 1. The molecule has 0 saturated carbocycles. The number of fused-ring (bicyclic) bond motifs is 3. The quantitative estimate of drug-likeness (QED) is 0.842. The molecule has 0 radical (unpaired) electrons. The molecule has 4 heterocycles. The van der Waals surface area contributed by atoms with Gasteiger partial charge in [0.2, 0.25) is 6.41 Å². The summed E-state index contributed by atoms with van der Waals surface area (Å²) >= 11 is 0. The first kappa shape index (κ1) is 13.3. The second kappa shape index (κ2) is 5.12. The first-order valence-corrected chi connectivity index (χ1v) is 7.72. The van der Waals surface area contributed by atoms with E-state index in [1.807, 2.05) is 17.0 Å². The van der Waals surface area contributed by atoms with Crippen LogP contribution in [0.3, 0.4) is 0 Å². The summed E-state index contributed by atoms with van der Waals surface area (Å²) in [6, 6.07) is 4.43. The van der Waals surface area contributed by atoms with E-state index in [0.717, 1.165) is 43.1 Å². The Morgan fingerprint density at radius 3 is 2.86 bits per heavy atom. The van der Waals surface area contributed by atoms with Crippen LogP contribution in [0.2, 0.25) is 0 Å². The Morgan fingerprint density at radius 1 is 1.36 bits per heavy atom. The Balaban J connectivity index is 1.50. The predicted molar refractivity (Wildman–Crippen MR) is 81.3 cm³/mol. The van der Waals surface area contributed by atoms with Crippen LogP contribution >= 0.6 is 0 Å². The number of piperidine rings is 1. The molecule has 2 aliphatic rings. The smallest absolute Gasteiger partial charge is 0.253 e. The minimum Gasteiger partial charge on any atom is -0.349 e. The number of nitrogens with zero attached hydrogens (tertiary/aromatic N) is 2. The van der Waals surface area contributed by atoms with Gasteiger partial charge in [0.15, 0.2) is 0 Å². The molecular formula is C16H18N4O2. The summed E-state index contributed by atoms with van der Waals surface area (Å²) in [5.41, 5.74) is 1.36. The number of carbonyl (C=O) groups excluding carboxylic acids is 2. The van der Waals surface area contributed by atoms with Gasteiger partial charge < -0.3 is 15.2 Å². The zero-order valence-electron chi connectivity index (χ0n) is 12.2. The second-order valence-corrected chi connectivity index (χ2v) is 6.18. The van der Waals surface area contributed by atoms with Crippen molar-refractivity contribution in [2.75, 3.05) is 0 Å². The van der Waals surface area contributed by atoms with Gasteiger partial charge in [0, 0.05) is 35.9 Å². The number of rotatable bonds is 3. The second-order valence-electron chi connectivity index (χ2n) is 6.18. The van der Waals surface area contributed by atoms with E-state index in [0.29, 0.717) is 5.56 Å². The van der Waals surface area contributed by atoms with Crippen molar-refractivity contribution in [2.24, 2.45) is 0 Å². The highest BCUT2D eigenvalue weighted by atomic mass is 16.2. The SMILES string of the molecule is O=CN1C2CCC1CC(NC(=O)c1c[nH]c3ncccc13)C2. The minimum absolute atomic E-state index is 0.0665. The molecule has 0 aliphatic carbocycles. The van der Waals surface area contributed by atoms with E-state index in [-0.39, 0.29) is 24.0 Å². The van der Waals surface area contributed by atoms with E-state index in [9.17, 15) is 9.59 Å². The lowest BCUT2D eigenvalue weighted by Crippen LogP contribution is -2.49. The third kappa shape index (κ3) is 2.06. The Kier molecular flexibility index (Phi) is 3.10. The van der Waals surface area contributed by atoms with Gasteiger partial charge in [-0.25, -0.2) is 4.98 Å². The van der Waals surface area contributed by atoms with Crippen LogP contribution in [-0.4, -0.2) is 45.3 Å². The molecule has 2 saturated heterocycles. The lowest BCUT2D eigenvalue weighted by atomic mass is 9.97. The van der Waals surface area contributed by atoms with Gasteiger partial charge in [0.1, 0.15) is 5.65 Å². The minimum atomic E-state index is -0.0665. The fourth-order valence-electron chi connectivity index (χ4n) is 3.91. The molecule has 6 heteroatoms. The third-order valence-corrected chi connectivity index (χ3v) is 4.94. The van der Waals surface area contributed by atoms with Crippen LogP contribution < -0.4 is 5.32 Å². The summed E-state index contributed by atoms with van der Waals surface area (Å²) < 4.78 is 0. The fraction of sp³-hybridized carbons (Fsp3) is 0.438. The largest absolute Gasteiger partial charge is 0.349 e. The zero-order valence-corrected chi connectivity index (χ0v) is 12.2. The molecule has 114 valence electrons. The highest BCUT2D eigenvalue weighted by Gasteiger charge is 2.40. The molecule has 4 rings (SSSR count). The molecule has 22 heavy (non-hydrogen) atoms. The van der Waals surface area contributed by atoms with E-state index < -0.39 is 0 Å². The zero-order chi connectivity index (χ0) is 15.1. The lowest BCUT2D eigenvalue weighted by molar-refractivity contribution is -0.122. The van der Waals surface area contributed by atoms with Crippen LogP contribution in [-0.2, 0) is 4.79 Å². The van der Waals surface area contributed by atoms with Gasteiger partial charge in [-0.05, 0) is 37.8 Å². The molecule has 0 aromatic carbocycles. The maximum atomic E-state index is 12.5. The Hall–Kier alpha value is -2.37. The Morgan fingerprint density at radius 2 is 2.14 bits per heavy atom. The summed E-state index contributed by atoms with van der Waals surface area (Å²) in [7, 11) is 0. The van der Waals surface area contributed by atoms with Crippen molar-refractivity contribution < 1.29 is 9.59 Å². The number of hydrogen-bond acceptors (Lipinski definition) is 3. The lowest BCUT2D eigenvalue weighted by Gasteiger charge is -2.36. The van der Waals surface area contributed by atoms with E-state index in [1.54, 1.807) is 12.4 Å². The number of amides is 2. The first-order valence-electron chi connectivity index (χ1n) is 7.72. The highest BCUT2D eigenvalue weighted by Crippen LogP contribution is 2.34. The van der Waals surface area contributed by atoms with Crippen LogP contribution in [0.25, 0.3) is 11.0 Å². The van der Waals surface area contributed by atoms with Crippen molar-refractivity contribution in [3.8, 4) is 0 Å². The molecule has 2 aromatic heterocycles. The van der Waals surface area contributed by atoms with Gasteiger partial charge in [0.05, 0.1) is 5.56 Å². The summed E-state index contributed by atoms with van der Waals surface area (Å²) in [5, 5.41) is 3.97. The van der Waals surface area contributed by atoms with E-state index in [4.69, 9.17) is 0 Å². The molecule has 2 unspecified atom stereocenters. The van der Waals surface area contributed by atoms with Crippen LogP contribution in [0.5, 0.6) is 0 Å². The molecule has 2 aliphatic heterocycles. The molecular weight excluding hydrogens is 280 g/mol. The summed E-state index contributed by atoms with van der Waals surface area (Å²) in [6.07, 6.45) is 8.17. The van der Waals surface area contributed by atoms with Crippen LogP contribution in [0.4, 0.5) is 0 Å². The maximum Gasteiger partial charge on any atom is 0.253 e. The topological polar surface area (TPSA) is 78.1 Å².